The summed E-state index contributed by atoms with van der Waals surface area (Å²) in [7, 11) is 0. The number of unbranched alkanes of at least 4 members (excludes halogenated alkanes) is 38. The monoisotopic (exact) mass is 1110 g/mol. The van der Waals surface area contributed by atoms with Crippen molar-refractivity contribution >= 4 is 5.91 Å². The predicted octanol–water partition coefficient (Wildman–Crippen LogP) is 12.0. The number of carbonyl (C=O) groups is 1. The Balaban J connectivity index is 1.63. The quantitative estimate of drug-likeness (QED) is 0.0204. The molecule has 2 heterocycles. The van der Waals surface area contributed by atoms with Crippen LogP contribution in [-0.2, 0) is 23.7 Å². The molecule has 0 spiro atoms. The van der Waals surface area contributed by atoms with E-state index in [2.05, 4.69) is 31.3 Å². The zero-order valence-electron chi connectivity index (χ0n) is 49.7. The van der Waals surface area contributed by atoms with Gasteiger partial charge in [-0.25, -0.2) is 0 Å². The number of hydrogen-bond donors (Lipinski definition) is 9. The highest BCUT2D eigenvalue weighted by molar-refractivity contribution is 5.76. The molecule has 2 aliphatic rings. The van der Waals surface area contributed by atoms with Crippen LogP contribution in [0.5, 0.6) is 0 Å². The van der Waals surface area contributed by atoms with Crippen molar-refractivity contribution in [2.45, 2.75) is 357 Å². The Morgan fingerprint density at radius 2 is 0.821 bits per heavy atom. The van der Waals surface area contributed by atoms with Crippen molar-refractivity contribution < 1.29 is 64.6 Å². The zero-order valence-corrected chi connectivity index (χ0v) is 49.7. The lowest BCUT2D eigenvalue weighted by atomic mass is 9.97. The van der Waals surface area contributed by atoms with Crippen LogP contribution in [0.3, 0.4) is 0 Å². The molecule has 2 fully saturated rings. The van der Waals surface area contributed by atoms with Gasteiger partial charge in [0.2, 0.25) is 5.91 Å². The molecule has 0 radical (unpaired) electrons. The molecule has 2 rings (SSSR count). The molecule has 0 aliphatic carbocycles. The Labute approximate surface area is 475 Å². The van der Waals surface area contributed by atoms with E-state index in [-0.39, 0.29) is 18.9 Å². The van der Waals surface area contributed by atoms with Gasteiger partial charge >= 0.3 is 0 Å². The van der Waals surface area contributed by atoms with Gasteiger partial charge in [-0.1, -0.05) is 269 Å². The highest BCUT2D eigenvalue weighted by atomic mass is 16.7. The van der Waals surface area contributed by atoms with Gasteiger partial charge < -0.3 is 65.1 Å². The maximum Gasteiger partial charge on any atom is 0.220 e. The summed E-state index contributed by atoms with van der Waals surface area (Å²) < 4.78 is 22.8. The van der Waals surface area contributed by atoms with E-state index in [0.29, 0.717) is 12.8 Å². The first kappa shape index (κ1) is 72.6. The van der Waals surface area contributed by atoms with E-state index in [9.17, 15) is 45.6 Å². The van der Waals surface area contributed by atoms with Gasteiger partial charge in [-0.15, -0.1) is 0 Å². The minimum atomic E-state index is -1.79. The second kappa shape index (κ2) is 50.0. The van der Waals surface area contributed by atoms with Crippen molar-refractivity contribution in [1.29, 1.82) is 0 Å². The number of nitrogens with one attached hydrogen (secondary N) is 1. The third-order valence-corrected chi connectivity index (χ3v) is 16.1. The smallest absolute Gasteiger partial charge is 0.220 e. The molecule has 14 nitrogen and oxygen atoms in total. The average molecular weight is 1110 g/mol. The number of carbonyl (C=O) groups excluding carboxylic acids is 1. The molecule has 0 saturated carbocycles. The first-order chi connectivity index (χ1) is 38.1. The zero-order chi connectivity index (χ0) is 56.7. The molecule has 14 heteroatoms. The molecule has 12 atom stereocenters. The molecule has 460 valence electrons. The lowest BCUT2D eigenvalue weighted by molar-refractivity contribution is -0.359. The van der Waals surface area contributed by atoms with Gasteiger partial charge in [0.1, 0.15) is 48.8 Å². The number of hydrogen-bond acceptors (Lipinski definition) is 13. The second-order valence-electron chi connectivity index (χ2n) is 23.2. The molecule has 12 unspecified atom stereocenters. The molecule has 9 N–H and O–H groups in total. The summed E-state index contributed by atoms with van der Waals surface area (Å²) in [5.74, 6) is -0.244. The summed E-state index contributed by atoms with van der Waals surface area (Å²) in [6, 6.07) is -0.927. The van der Waals surface area contributed by atoms with Crippen molar-refractivity contribution in [3.8, 4) is 0 Å². The van der Waals surface area contributed by atoms with Crippen LogP contribution in [0.1, 0.15) is 284 Å². The fraction of sp³-hybridized carbons (Fsp3) is 0.922. The van der Waals surface area contributed by atoms with Gasteiger partial charge in [0.05, 0.1) is 32.0 Å². The molecule has 2 aliphatic heterocycles. The molecular weight excluding hydrogens is 991 g/mol. The highest BCUT2D eigenvalue weighted by Crippen LogP contribution is 2.30. The first-order valence-electron chi connectivity index (χ1n) is 32.6. The standard InChI is InChI=1S/C64H121NO13/c1-3-5-7-9-11-13-15-17-18-19-20-21-22-23-24-25-26-27-28-29-30-31-32-33-34-36-38-40-42-44-46-48-56(69)65-52(53(68)47-45-43-41-39-37-35-16-14-12-10-8-6-4-2)51-75-63-61(74)59(72)62(55(50-67)77-63)78-64-60(73)58(71)57(70)54(49-66)76-64/h37,39,45,47,52-55,57-64,66-68,70-74H,3-36,38,40-44,46,48-51H2,1-2H3,(H,65,69)/b39-37+,47-45+. The van der Waals surface area contributed by atoms with Crippen molar-refractivity contribution in [2.24, 2.45) is 0 Å². The molecule has 0 aromatic heterocycles. The SMILES string of the molecule is CCCCCCCCC/C=C/CC/C=C/C(O)C(COC1OC(CO)C(OC2OC(CO)C(O)C(O)C2O)C(O)C1O)NC(=O)CCCCCCCCCCCCCCCCCCCCCCCCCCCCCCCCC. The summed E-state index contributed by atoms with van der Waals surface area (Å²) in [6.45, 7) is 2.79. The van der Waals surface area contributed by atoms with Crippen molar-refractivity contribution in [3.05, 3.63) is 24.3 Å². The summed E-state index contributed by atoms with van der Waals surface area (Å²) in [4.78, 5) is 13.3. The summed E-state index contributed by atoms with van der Waals surface area (Å²) in [6.07, 6.45) is 44.0. The van der Waals surface area contributed by atoms with Crippen molar-refractivity contribution in [1.82, 2.24) is 5.32 Å². The number of allylic oxidation sites excluding steroid dienone is 3. The van der Waals surface area contributed by atoms with Crippen LogP contribution in [0.4, 0.5) is 0 Å². The van der Waals surface area contributed by atoms with Crippen LogP contribution >= 0.6 is 0 Å². The summed E-state index contributed by atoms with van der Waals surface area (Å²) in [5, 5.41) is 87.0. The molecule has 2 saturated heterocycles. The topological polar surface area (TPSA) is 228 Å². The van der Waals surface area contributed by atoms with Crippen LogP contribution in [0.25, 0.3) is 0 Å². The van der Waals surface area contributed by atoms with Crippen molar-refractivity contribution in [3.63, 3.8) is 0 Å². The van der Waals surface area contributed by atoms with Crippen LogP contribution < -0.4 is 5.32 Å². The van der Waals surface area contributed by atoms with Gasteiger partial charge in [-0.3, -0.25) is 4.79 Å². The summed E-state index contributed by atoms with van der Waals surface area (Å²) >= 11 is 0. The minimum Gasteiger partial charge on any atom is -0.394 e. The minimum absolute atomic E-state index is 0.244. The molecule has 1 amide bonds. The summed E-state index contributed by atoms with van der Waals surface area (Å²) in [5.41, 5.74) is 0. The van der Waals surface area contributed by atoms with Gasteiger partial charge in [0.25, 0.3) is 0 Å². The molecular formula is C64H121NO13. The maximum atomic E-state index is 13.3. The van der Waals surface area contributed by atoms with Crippen LogP contribution in [0, 0.1) is 0 Å². The number of rotatable bonds is 53. The Morgan fingerprint density at radius 3 is 1.26 bits per heavy atom. The van der Waals surface area contributed by atoms with E-state index in [1.807, 2.05) is 6.08 Å². The Hall–Kier alpha value is -1.53. The van der Waals surface area contributed by atoms with Gasteiger partial charge in [-0.2, -0.15) is 0 Å². The Morgan fingerprint density at radius 1 is 0.449 bits per heavy atom. The maximum absolute atomic E-state index is 13.3. The van der Waals surface area contributed by atoms with E-state index in [0.717, 1.165) is 32.1 Å². The Kier molecular flexibility index (Phi) is 46.5. The second-order valence-corrected chi connectivity index (χ2v) is 23.2. The Bertz CT molecular complexity index is 1400. The average Bonchev–Trinajstić information content (AvgIpc) is 3.46. The van der Waals surface area contributed by atoms with Crippen LogP contribution in [0.15, 0.2) is 24.3 Å². The van der Waals surface area contributed by atoms with E-state index in [4.69, 9.17) is 18.9 Å². The number of aliphatic hydroxyl groups is 8. The van der Waals surface area contributed by atoms with Crippen LogP contribution in [-0.4, -0.2) is 140 Å². The molecule has 0 aromatic carbocycles. The highest BCUT2D eigenvalue weighted by Gasteiger charge is 2.51. The normalized spacial score (nSPS) is 24.6. The number of ether oxygens (including phenoxy) is 4. The van der Waals surface area contributed by atoms with E-state index in [1.54, 1.807) is 6.08 Å². The van der Waals surface area contributed by atoms with Gasteiger partial charge in [0.15, 0.2) is 12.6 Å². The number of aliphatic hydroxyl groups excluding tert-OH is 8. The predicted molar refractivity (Wildman–Crippen MR) is 314 cm³/mol. The van der Waals surface area contributed by atoms with Gasteiger partial charge in [-0.05, 0) is 32.1 Å². The molecule has 0 bridgehead atoms. The fourth-order valence-electron chi connectivity index (χ4n) is 10.9. The fourth-order valence-corrected chi connectivity index (χ4v) is 10.9. The lowest BCUT2D eigenvalue weighted by Crippen LogP contribution is -2.65. The van der Waals surface area contributed by atoms with Crippen molar-refractivity contribution in [2.75, 3.05) is 19.8 Å². The molecule has 0 aromatic rings. The van der Waals surface area contributed by atoms with E-state index in [1.165, 1.54) is 218 Å². The first-order valence-corrected chi connectivity index (χ1v) is 32.6. The van der Waals surface area contributed by atoms with E-state index < -0.39 is 86.8 Å². The third-order valence-electron chi connectivity index (χ3n) is 16.1. The largest absolute Gasteiger partial charge is 0.394 e. The van der Waals surface area contributed by atoms with Gasteiger partial charge in [0, 0.05) is 6.42 Å². The lowest BCUT2D eigenvalue weighted by Gasteiger charge is -2.46. The number of amides is 1. The van der Waals surface area contributed by atoms with Crippen LogP contribution in [0.2, 0.25) is 0 Å². The van der Waals surface area contributed by atoms with E-state index >= 15 is 0 Å². The molecule has 78 heavy (non-hydrogen) atoms. The third kappa shape index (κ3) is 34.8.